The topological polar surface area (TPSA) is 29.3 Å². The zero-order valence-corrected chi connectivity index (χ0v) is 9.63. The summed E-state index contributed by atoms with van der Waals surface area (Å²) in [7, 11) is 0. The molecule has 0 radical (unpaired) electrons. The molecule has 0 aliphatic rings. The van der Waals surface area contributed by atoms with Crippen LogP contribution in [0.5, 0.6) is 0 Å². The molecule has 0 bridgehead atoms. The Morgan fingerprint density at radius 2 is 2.07 bits per heavy atom. The number of nitrogens with two attached hydrogens (primary N) is 1. The van der Waals surface area contributed by atoms with Crippen molar-refractivity contribution in [2.24, 2.45) is 5.73 Å². The van der Waals surface area contributed by atoms with E-state index in [1.165, 1.54) is 19.3 Å². The Hall–Kier alpha value is -0.520. The molecule has 14 heavy (non-hydrogen) atoms. The first-order valence-corrected chi connectivity index (χ1v) is 5.62. The molecule has 0 amide bonds. The van der Waals surface area contributed by atoms with Crippen molar-refractivity contribution in [2.75, 3.05) is 19.6 Å². The summed E-state index contributed by atoms with van der Waals surface area (Å²) in [5, 5.41) is 0. The fourth-order valence-corrected chi connectivity index (χ4v) is 1.52. The largest absolute Gasteiger partial charge is 0.328 e. The predicted molar refractivity (Wildman–Crippen MR) is 63.1 cm³/mol. The summed E-state index contributed by atoms with van der Waals surface area (Å²) in [4.78, 5) is 2.33. The molecule has 0 aliphatic carbocycles. The van der Waals surface area contributed by atoms with Gasteiger partial charge >= 0.3 is 0 Å². The third-order valence-corrected chi connectivity index (χ3v) is 2.24. The van der Waals surface area contributed by atoms with E-state index in [1.54, 1.807) is 0 Å². The summed E-state index contributed by atoms with van der Waals surface area (Å²) in [6.45, 7) is 7.26. The maximum Gasteiger partial charge on any atom is 0.0598 e. The van der Waals surface area contributed by atoms with Gasteiger partial charge in [-0.3, -0.25) is 4.90 Å². The molecule has 0 aliphatic heterocycles. The molecule has 0 aromatic rings. The second kappa shape index (κ2) is 9.05. The third kappa shape index (κ3) is 8.10. The Balaban J connectivity index is 3.46. The van der Waals surface area contributed by atoms with Crippen LogP contribution in [0.2, 0.25) is 0 Å². The molecular formula is C12H24N2. The van der Waals surface area contributed by atoms with Gasteiger partial charge in [0, 0.05) is 6.04 Å². The lowest BCUT2D eigenvalue weighted by molar-refractivity contribution is 0.298. The van der Waals surface area contributed by atoms with Crippen molar-refractivity contribution in [2.45, 2.75) is 45.6 Å². The fraction of sp³-hybridized carbons (Fsp3) is 0.833. The first kappa shape index (κ1) is 13.5. The molecule has 2 N–H and O–H groups in total. The predicted octanol–water partition coefficient (Wildman–Crippen LogP) is 1.85. The van der Waals surface area contributed by atoms with Crippen LogP contribution in [0.15, 0.2) is 0 Å². The van der Waals surface area contributed by atoms with Crippen molar-refractivity contribution in [1.29, 1.82) is 0 Å². The average molecular weight is 196 g/mol. The number of terminal acetylenes is 1. The maximum atomic E-state index is 5.68. The average Bonchev–Trinajstić information content (AvgIpc) is 2.12. The zero-order valence-electron chi connectivity index (χ0n) is 9.63. The van der Waals surface area contributed by atoms with Gasteiger partial charge in [0.1, 0.15) is 0 Å². The minimum Gasteiger partial charge on any atom is -0.328 e. The standard InChI is InChI=1S/C12H24N2/c1-4-9-14(10-5-2)11-7-6-8-12(3)13/h1,12H,5-11,13H2,2-3H3. The van der Waals surface area contributed by atoms with Gasteiger partial charge in [-0.25, -0.2) is 0 Å². The van der Waals surface area contributed by atoms with Crippen LogP contribution >= 0.6 is 0 Å². The summed E-state index contributed by atoms with van der Waals surface area (Å²) in [5.41, 5.74) is 5.68. The second-order valence-electron chi connectivity index (χ2n) is 3.95. The van der Waals surface area contributed by atoms with Gasteiger partial charge in [-0.15, -0.1) is 6.42 Å². The highest BCUT2D eigenvalue weighted by atomic mass is 15.1. The molecule has 0 heterocycles. The van der Waals surface area contributed by atoms with Gasteiger partial charge in [-0.2, -0.15) is 0 Å². The summed E-state index contributed by atoms with van der Waals surface area (Å²) in [6.07, 6.45) is 10.0. The summed E-state index contributed by atoms with van der Waals surface area (Å²) < 4.78 is 0. The highest BCUT2D eigenvalue weighted by Crippen LogP contribution is 2.01. The van der Waals surface area contributed by atoms with Crippen LogP contribution in [0.3, 0.4) is 0 Å². The van der Waals surface area contributed by atoms with Crippen LogP contribution in [-0.2, 0) is 0 Å². The molecular weight excluding hydrogens is 172 g/mol. The van der Waals surface area contributed by atoms with Crippen molar-refractivity contribution < 1.29 is 0 Å². The normalized spacial score (nSPS) is 12.8. The van der Waals surface area contributed by atoms with Crippen molar-refractivity contribution in [1.82, 2.24) is 4.90 Å². The Bertz CT molecular complexity index is 158. The lowest BCUT2D eigenvalue weighted by Gasteiger charge is -2.18. The van der Waals surface area contributed by atoms with E-state index >= 15 is 0 Å². The monoisotopic (exact) mass is 196 g/mol. The molecule has 0 fully saturated rings. The quantitative estimate of drug-likeness (QED) is 0.474. The minimum absolute atomic E-state index is 0.335. The number of rotatable bonds is 8. The SMILES string of the molecule is C#CCN(CCC)CCCCC(C)N. The van der Waals surface area contributed by atoms with E-state index in [1.807, 2.05) is 0 Å². The van der Waals surface area contributed by atoms with Crippen molar-refractivity contribution >= 4 is 0 Å². The van der Waals surface area contributed by atoms with Crippen molar-refractivity contribution in [3.63, 3.8) is 0 Å². The lowest BCUT2D eigenvalue weighted by Crippen LogP contribution is -2.26. The first-order valence-electron chi connectivity index (χ1n) is 5.62. The van der Waals surface area contributed by atoms with E-state index < -0.39 is 0 Å². The van der Waals surface area contributed by atoms with Crippen LogP contribution in [0.1, 0.15) is 39.5 Å². The van der Waals surface area contributed by atoms with E-state index in [9.17, 15) is 0 Å². The van der Waals surface area contributed by atoms with Crippen LogP contribution in [0.4, 0.5) is 0 Å². The molecule has 0 saturated heterocycles. The van der Waals surface area contributed by atoms with Gasteiger partial charge in [0.2, 0.25) is 0 Å². The van der Waals surface area contributed by atoms with Gasteiger partial charge < -0.3 is 5.73 Å². The van der Waals surface area contributed by atoms with Crippen molar-refractivity contribution in [3.8, 4) is 12.3 Å². The second-order valence-corrected chi connectivity index (χ2v) is 3.95. The third-order valence-electron chi connectivity index (χ3n) is 2.24. The van der Waals surface area contributed by atoms with Gasteiger partial charge in [-0.05, 0) is 39.3 Å². The Kier molecular flexibility index (Phi) is 8.72. The Morgan fingerprint density at radius 1 is 1.36 bits per heavy atom. The van der Waals surface area contributed by atoms with E-state index in [2.05, 4.69) is 24.7 Å². The smallest absolute Gasteiger partial charge is 0.0598 e. The molecule has 0 aromatic carbocycles. The number of unbranched alkanes of at least 4 members (excludes halogenated alkanes) is 1. The molecule has 0 spiro atoms. The molecule has 2 heteroatoms. The highest BCUT2D eigenvalue weighted by molar-refractivity contribution is 4.87. The molecule has 2 nitrogen and oxygen atoms in total. The van der Waals surface area contributed by atoms with Crippen LogP contribution in [0.25, 0.3) is 0 Å². The molecule has 0 aromatic heterocycles. The minimum atomic E-state index is 0.335. The lowest BCUT2D eigenvalue weighted by atomic mass is 10.1. The number of hydrogen-bond donors (Lipinski definition) is 1. The van der Waals surface area contributed by atoms with Gasteiger partial charge in [0.15, 0.2) is 0 Å². The van der Waals surface area contributed by atoms with Crippen LogP contribution in [0, 0.1) is 12.3 Å². The van der Waals surface area contributed by atoms with Gasteiger partial charge in [0.25, 0.3) is 0 Å². The van der Waals surface area contributed by atoms with Crippen LogP contribution < -0.4 is 5.73 Å². The van der Waals surface area contributed by atoms with Crippen molar-refractivity contribution in [3.05, 3.63) is 0 Å². The van der Waals surface area contributed by atoms with E-state index in [4.69, 9.17) is 12.2 Å². The zero-order chi connectivity index (χ0) is 10.8. The highest BCUT2D eigenvalue weighted by Gasteiger charge is 2.01. The molecule has 1 unspecified atom stereocenters. The van der Waals surface area contributed by atoms with E-state index in [0.717, 1.165) is 26.1 Å². The number of nitrogens with zero attached hydrogens (tertiary/aromatic N) is 1. The summed E-state index contributed by atoms with van der Waals surface area (Å²) >= 11 is 0. The molecule has 82 valence electrons. The Labute approximate surface area is 88.9 Å². The maximum absolute atomic E-state index is 5.68. The molecule has 0 rings (SSSR count). The molecule has 1 atom stereocenters. The summed E-state index contributed by atoms with van der Waals surface area (Å²) in [6, 6.07) is 0.335. The van der Waals surface area contributed by atoms with E-state index in [-0.39, 0.29) is 0 Å². The summed E-state index contributed by atoms with van der Waals surface area (Å²) in [5.74, 6) is 2.70. The Morgan fingerprint density at radius 3 is 2.57 bits per heavy atom. The molecule has 0 saturated carbocycles. The fourth-order valence-electron chi connectivity index (χ4n) is 1.52. The number of hydrogen-bond acceptors (Lipinski definition) is 2. The van der Waals surface area contributed by atoms with Crippen LogP contribution in [-0.4, -0.2) is 30.6 Å². The van der Waals surface area contributed by atoms with Gasteiger partial charge in [-0.1, -0.05) is 19.3 Å². The van der Waals surface area contributed by atoms with Gasteiger partial charge in [0.05, 0.1) is 6.54 Å². The first-order chi connectivity index (χ1) is 6.70. The van der Waals surface area contributed by atoms with E-state index in [0.29, 0.717) is 6.04 Å².